The van der Waals surface area contributed by atoms with Crippen LogP contribution < -0.4 is 10.0 Å². The molecule has 0 spiro atoms. The Kier molecular flexibility index (Phi) is 6.40. The number of carbonyl (C=O) groups is 3. The molecular formula is C21H19N3O6S2. The van der Waals surface area contributed by atoms with E-state index in [1.165, 1.54) is 34.6 Å². The van der Waals surface area contributed by atoms with Crippen LogP contribution in [0, 0.1) is 5.21 Å². The zero-order valence-electron chi connectivity index (χ0n) is 16.6. The highest BCUT2D eigenvalue weighted by Crippen LogP contribution is 2.41. The second-order valence-corrected chi connectivity index (χ2v) is 9.22. The summed E-state index contributed by atoms with van der Waals surface area (Å²) < 4.78 is 0.697. The number of thioether (sulfide) groups is 2. The smallest absolute Gasteiger partial charge is 0.352 e. The van der Waals surface area contributed by atoms with E-state index in [4.69, 9.17) is 0 Å². The number of fused-ring (bicyclic) bond motifs is 1. The van der Waals surface area contributed by atoms with E-state index >= 15 is 0 Å². The molecule has 3 heterocycles. The van der Waals surface area contributed by atoms with Gasteiger partial charge in [-0.3, -0.25) is 14.5 Å². The van der Waals surface area contributed by atoms with Gasteiger partial charge in [0.15, 0.2) is 12.3 Å². The van der Waals surface area contributed by atoms with E-state index in [0.717, 1.165) is 0 Å². The van der Waals surface area contributed by atoms with Crippen LogP contribution in [0.25, 0.3) is 0 Å². The lowest BCUT2D eigenvalue weighted by atomic mass is 10.0. The standard InChI is InChI=1S/C21H19N3O6S2/c25-17(12-6-2-1-3-7-12)18(26)22-15-19(27)24-16(21(28)29)13(11-32-20(15)24)10-31-14-8-4-5-9-23(14)30/h1-9,15,17,20,25H,10-11H2,(H,22,26)(H,28,29)/t15?,17?,20-/m1/s1. The van der Waals surface area contributed by atoms with Gasteiger partial charge < -0.3 is 20.7 Å². The number of nitrogens with one attached hydrogen (secondary N) is 1. The van der Waals surface area contributed by atoms with Crippen molar-refractivity contribution in [1.29, 1.82) is 0 Å². The molecule has 1 aromatic carbocycles. The van der Waals surface area contributed by atoms with Crippen molar-refractivity contribution in [1.82, 2.24) is 10.2 Å². The Labute approximate surface area is 191 Å². The lowest BCUT2D eigenvalue weighted by Gasteiger charge is -2.49. The number of carbonyl (C=O) groups excluding carboxylic acids is 2. The van der Waals surface area contributed by atoms with E-state index in [9.17, 15) is 29.8 Å². The minimum absolute atomic E-state index is 0.117. The average Bonchev–Trinajstić information content (AvgIpc) is 2.81. The van der Waals surface area contributed by atoms with Crippen LogP contribution in [0.1, 0.15) is 11.7 Å². The molecule has 2 aliphatic rings. The Morgan fingerprint density at radius 2 is 1.97 bits per heavy atom. The summed E-state index contributed by atoms with van der Waals surface area (Å²) in [6, 6.07) is 12.3. The van der Waals surface area contributed by atoms with Gasteiger partial charge in [-0.2, -0.15) is 4.73 Å². The van der Waals surface area contributed by atoms with Gasteiger partial charge in [-0.05, 0) is 17.2 Å². The number of aliphatic carboxylic acids is 1. The molecule has 11 heteroatoms. The lowest BCUT2D eigenvalue weighted by Crippen LogP contribution is -2.70. The average molecular weight is 474 g/mol. The molecule has 9 nitrogen and oxygen atoms in total. The number of aliphatic hydroxyl groups is 1. The molecule has 2 unspecified atom stereocenters. The third-order valence-electron chi connectivity index (χ3n) is 5.09. The van der Waals surface area contributed by atoms with Gasteiger partial charge in [0.2, 0.25) is 0 Å². The molecule has 0 saturated carbocycles. The van der Waals surface area contributed by atoms with Crippen molar-refractivity contribution >= 4 is 41.3 Å². The predicted molar refractivity (Wildman–Crippen MR) is 117 cm³/mol. The fourth-order valence-corrected chi connectivity index (χ4v) is 5.90. The number of pyridine rings is 1. The van der Waals surface area contributed by atoms with E-state index in [2.05, 4.69) is 5.32 Å². The van der Waals surface area contributed by atoms with Gasteiger partial charge >= 0.3 is 5.97 Å². The van der Waals surface area contributed by atoms with E-state index in [1.54, 1.807) is 48.5 Å². The predicted octanol–water partition coefficient (Wildman–Crippen LogP) is 0.884. The number of hydrogen-bond donors (Lipinski definition) is 3. The fraction of sp³-hybridized carbons (Fsp3) is 0.238. The van der Waals surface area contributed by atoms with Crippen molar-refractivity contribution in [3.05, 3.63) is 76.8 Å². The van der Waals surface area contributed by atoms with Crippen molar-refractivity contribution in [3.8, 4) is 0 Å². The maximum Gasteiger partial charge on any atom is 0.352 e. The number of carboxylic acid groups (broad SMARTS) is 1. The van der Waals surface area contributed by atoms with Crippen molar-refractivity contribution in [2.75, 3.05) is 11.5 Å². The maximum atomic E-state index is 12.7. The Morgan fingerprint density at radius 1 is 1.25 bits per heavy atom. The number of benzene rings is 1. The third-order valence-corrected chi connectivity index (χ3v) is 7.54. The molecule has 3 atom stereocenters. The molecular weight excluding hydrogens is 454 g/mol. The molecule has 4 rings (SSSR count). The van der Waals surface area contributed by atoms with Crippen LogP contribution in [0.4, 0.5) is 0 Å². The van der Waals surface area contributed by atoms with Crippen molar-refractivity contribution < 1.29 is 29.3 Å². The fourth-order valence-electron chi connectivity index (χ4n) is 3.50. The molecule has 1 fully saturated rings. The van der Waals surface area contributed by atoms with Crippen LogP contribution in [0.2, 0.25) is 0 Å². The molecule has 0 radical (unpaired) electrons. The highest BCUT2D eigenvalue weighted by atomic mass is 32.2. The van der Waals surface area contributed by atoms with Crippen molar-refractivity contribution in [2.24, 2.45) is 0 Å². The van der Waals surface area contributed by atoms with Gasteiger partial charge in [-0.25, -0.2) is 4.79 Å². The number of nitrogens with zero attached hydrogens (tertiary/aromatic N) is 2. The zero-order chi connectivity index (χ0) is 22.8. The number of rotatable bonds is 7. The van der Waals surface area contributed by atoms with Gasteiger partial charge in [0.25, 0.3) is 16.8 Å². The Hall–Kier alpha value is -3.02. The first-order valence-corrected chi connectivity index (χ1v) is 11.7. The first kappa shape index (κ1) is 22.2. The molecule has 2 aromatic rings. The van der Waals surface area contributed by atoms with E-state index in [-0.39, 0.29) is 11.4 Å². The van der Waals surface area contributed by atoms with E-state index in [0.29, 0.717) is 26.6 Å². The number of aromatic nitrogens is 1. The highest BCUT2D eigenvalue weighted by Gasteiger charge is 2.54. The largest absolute Gasteiger partial charge is 0.618 e. The second-order valence-electron chi connectivity index (χ2n) is 7.12. The third kappa shape index (κ3) is 4.18. The summed E-state index contributed by atoms with van der Waals surface area (Å²) >= 11 is 2.52. The summed E-state index contributed by atoms with van der Waals surface area (Å²) in [5, 5.41) is 34.2. The molecule has 166 valence electrons. The van der Waals surface area contributed by atoms with Crippen LogP contribution in [-0.2, 0) is 14.4 Å². The van der Waals surface area contributed by atoms with E-state index in [1.807, 2.05) is 0 Å². The van der Waals surface area contributed by atoms with Gasteiger partial charge in [0, 0.05) is 23.6 Å². The lowest BCUT2D eigenvalue weighted by molar-refractivity contribution is -0.645. The van der Waals surface area contributed by atoms with Crippen molar-refractivity contribution in [3.63, 3.8) is 0 Å². The highest BCUT2D eigenvalue weighted by molar-refractivity contribution is 8.01. The van der Waals surface area contributed by atoms with Gasteiger partial charge in [-0.15, -0.1) is 11.8 Å². The summed E-state index contributed by atoms with van der Waals surface area (Å²) in [6.45, 7) is 0. The van der Waals surface area contributed by atoms with E-state index < -0.39 is 35.3 Å². The van der Waals surface area contributed by atoms with Crippen LogP contribution in [0.5, 0.6) is 0 Å². The Bertz CT molecular complexity index is 1090. The number of hydrogen-bond acceptors (Lipinski definition) is 7. The minimum atomic E-state index is -1.43. The second kappa shape index (κ2) is 9.23. The first-order chi connectivity index (χ1) is 15.4. The SMILES string of the molecule is O=C(O)C1=C(CSc2cccc[n+]2[O-])CS[C@@H]2C(NC(=O)C(O)c3ccccc3)C(=O)N12. The molecule has 0 aliphatic carbocycles. The summed E-state index contributed by atoms with van der Waals surface area (Å²) in [4.78, 5) is 38.3. The summed E-state index contributed by atoms with van der Waals surface area (Å²) in [7, 11) is 0. The molecule has 32 heavy (non-hydrogen) atoms. The first-order valence-electron chi connectivity index (χ1n) is 9.63. The van der Waals surface area contributed by atoms with Crippen LogP contribution in [0.15, 0.2) is 71.0 Å². The van der Waals surface area contributed by atoms with Gasteiger partial charge in [-0.1, -0.05) is 42.1 Å². The zero-order valence-corrected chi connectivity index (χ0v) is 18.2. The Balaban J connectivity index is 1.47. The van der Waals surface area contributed by atoms with Crippen LogP contribution in [-0.4, -0.2) is 55.8 Å². The molecule has 2 aliphatic heterocycles. The molecule has 3 N–H and O–H groups in total. The molecule has 2 amide bonds. The summed E-state index contributed by atoms with van der Waals surface area (Å²) in [6.07, 6.45) is -0.0749. The molecule has 1 aromatic heterocycles. The number of β-lactam (4-membered cyclic amide) rings is 1. The topological polar surface area (TPSA) is 134 Å². The molecule has 0 bridgehead atoms. The Morgan fingerprint density at radius 3 is 2.66 bits per heavy atom. The van der Waals surface area contributed by atoms with Gasteiger partial charge in [0.1, 0.15) is 17.1 Å². The molecule has 1 saturated heterocycles. The number of carboxylic acids is 1. The van der Waals surface area contributed by atoms with Gasteiger partial charge in [0.05, 0.1) is 0 Å². The van der Waals surface area contributed by atoms with Crippen LogP contribution >= 0.6 is 23.5 Å². The maximum absolute atomic E-state index is 12.7. The quantitative estimate of drug-likeness (QED) is 0.234. The number of aliphatic hydroxyl groups excluding tert-OH is 1. The summed E-state index contributed by atoms with van der Waals surface area (Å²) in [5.41, 5.74) is 0.802. The van der Waals surface area contributed by atoms with Crippen LogP contribution in [0.3, 0.4) is 0 Å². The minimum Gasteiger partial charge on any atom is -0.618 e. The normalized spacial score (nSPS) is 20.9. The monoisotopic (exact) mass is 473 g/mol. The van der Waals surface area contributed by atoms with Crippen molar-refractivity contribution in [2.45, 2.75) is 22.5 Å². The summed E-state index contributed by atoms with van der Waals surface area (Å²) in [5.74, 6) is -1.93. The number of amides is 2.